The van der Waals surface area contributed by atoms with Crippen LogP contribution in [0.2, 0.25) is 0 Å². The molecular formula is C15H20FNO4. The van der Waals surface area contributed by atoms with E-state index in [1.54, 1.807) is 19.1 Å². The number of amides is 1. The number of carboxylic acid groups (broad SMARTS) is 1. The Bertz CT molecular complexity index is 478. The first-order valence-electron chi connectivity index (χ1n) is 6.85. The zero-order valence-corrected chi connectivity index (χ0v) is 12.0. The number of rotatable bonds is 9. The number of hydrogen-bond acceptors (Lipinski definition) is 3. The molecule has 0 saturated carbocycles. The molecule has 0 fully saturated rings. The van der Waals surface area contributed by atoms with E-state index in [0.717, 1.165) is 0 Å². The summed E-state index contributed by atoms with van der Waals surface area (Å²) in [6, 6.07) is 6.09. The number of aliphatic carboxylic acids is 1. The number of carbonyl (C=O) groups is 2. The minimum atomic E-state index is -0.880. The summed E-state index contributed by atoms with van der Waals surface area (Å²) in [7, 11) is 0. The Hall–Kier alpha value is -2.11. The Morgan fingerprint density at radius 1 is 1.38 bits per heavy atom. The van der Waals surface area contributed by atoms with Gasteiger partial charge in [0.25, 0.3) is 0 Å². The molecule has 5 nitrogen and oxygen atoms in total. The molecule has 1 rings (SSSR count). The lowest BCUT2D eigenvalue weighted by molar-refractivity contribution is -0.138. The van der Waals surface area contributed by atoms with E-state index < -0.39 is 11.8 Å². The fraction of sp³-hybridized carbons (Fsp3) is 0.467. The number of carbonyl (C=O) groups excluding carboxylic acids is 1. The van der Waals surface area contributed by atoms with Crippen LogP contribution < -0.4 is 10.1 Å². The third-order valence-corrected chi connectivity index (χ3v) is 2.81. The maximum atomic E-state index is 13.2. The van der Waals surface area contributed by atoms with E-state index in [4.69, 9.17) is 9.84 Å². The fourth-order valence-electron chi connectivity index (χ4n) is 1.72. The normalized spacial score (nSPS) is 11.7. The Kier molecular flexibility index (Phi) is 7.21. The van der Waals surface area contributed by atoms with Crippen LogP contribution >= 0.6 is 0 Å². The molecule has 0 heterocycles. The summed E-state index contributed by atoms with van der Waals surface area (Å²) >= 11 is 0. The van der Waals surface area contributed by atoms with Gasteiger partial charge in [-0.1, -0.05) is 19.1 Å². The molecule has 2 N–H and O–H groups in total. The number of para-hydroxylation sites is 1. The lowest BCUT2D eigenvalue weighted by Gasteiger charge is -2.10. The highest BCUT2D eigenvalue weighted by Gasteiger charge is 2.09. The van der Waals surface area contributed by atoms with Crippen LogP contribution in [-0.2, 0) is 9.59 Å². The highest BCUT2D eigenvalue weighted by Crippen LogP contribution is 2.15. The molecule has 0 spiro atoms. The Labute approximate surface area is 123 Å². The van der Waals surface area contributed by atoms with Crippen LogP contribution in [0, 0.1) is 11.7 Å². The van der Waals surface area contributed by atoms with E-state index in [0.29, 0.717) is 13.0 Å². The van der Waals surface area contributed by atoms with Gasteiger partial charge in [-0.2, -0.15) is 0 Å². The monoisotopic (exact) mass is 297 g/mol. The fourth-order valence-corrected chi connectivity index (χ4v) is 1.72. The summed E-state index contributed by atoms with van der Waals surface area (Å²) in [5.41, 5.74) is 0. The molecular weight excluding hydrogens is 277 g/mol. The van der Waals surface area contributed by atoms with Gasteiger partial charge < -0.3 is 15.2 Å². The van der Waals surface area contributed by atoms with Gasteiger partial charge in [0.05, 0.1) is 6.61 Å². The molecule has 116 valence electrons. The van der Waals surface area contributed by atoms with Crippen molar-refractivity contribution >= 4 is 11.9 Å². The van der Waals surface area contributed by atoms with Crippen molar-refractivity contribution in [2.75, 3.05) is 13.2 Å². The molecule has 6 heteroatoms. The van der Waals surface area contributed by atoms with Crippen LogP contribution in [0.25, 0.3) is 0 Å². The molecule has 0 saturated heterocycles. The molecule has 1 aromatic rings. The minimum absolute atomic E-state index is 0.0245. The van der Waals surface area contributed by atoms with E-state index >= 15 is 0 Å². The number of carboxylic acids is 1. The quantitative estimate of drug-likeness (QED) is 0.685. The predicted octanol–water partition coefficient (Wildman–Crippen LogP) is 2.21. The van der Waals surface area contributed by atoms with Crippen molar-refractivity contribution in [3.05, 3.63) is 30.1 Å². The van der Waals surface area contributed by atoms with Crippen LogP contribution in [0.1, 0.15) is 26.2 Å². The van der Waals surface area contributed by atoms with Crippen molar-refractivity contribution in [3.8, 4) is 5.75 Å². The second-order valence-corrected chi connectivity index (χ2v) is 4.89. The van der Waals surface area contributed by atoms with Crippen LogP contribution in [0.15, 0.2) is 24.3 Å². The topological polar surface area (TPSA) is 75.6 Å². The molecule has 1 aromatic carbocycles. The predicted molar refractivity (Wildman–Crippen MR) is 75.6 cm³/mol. The molecule has 0 aromatic heterocycles. The van der Waals surface area contributed by atoms with Gasteiger partial charge in [0.1, 0.15) is 0 Å². The molecule has 1 unspecified atom stereocenters. The maximum absolute atomic E-state index is 13.2. The van der Waals surface area contributed by atoms with E-state index in [9.17, 15) is 14.0 Å². The summed E-state index contributed by atoms with van der Waals surface area (Å²) in [6.07, 6.45) is 0.748. The molecule has 0 bridgehead atoms. The third-order valence-electron chi connectivity index (χ3n) is 2.81. The van der Waals surface area contributed by atoms with Gasteiger partial charge >= 0.3 is 5.97 Å². The van der Waals surface area contributed by atoms with Gasteiger partial charge in [-0.05, 0) is 24.5 Å². The van der Waals surface area contributed by atoms with Gasteiger partial charge in [-0.3, -0.25) is 9.59 Å². The van der Waals surface area contributed by atoms with Crippen LogP contribution in [-0.4, -0.2) is 30.1 Å². The van der Waals surface area contributed by atoms with Crippen LogP contribution in [0.5, 0.6) is 5.75 Å². The average molecular weight is 297 g/mol. The summed E-state index contributed by atoms with van der Waals surface area (Å²) in [5, 5.41) is 11.3. The summed E-state index contributed by atoms with van der Waals surface area (Å²) in [4.78, 5) is 22.0. The molecule has 0 aliphatic heterocycles. The highest BCUT2D eigenvalue weighted by atomic mass is 19.1. The SMILES string of the molecule is CC(CNC(=O)CCCOc1ccccc1F)CC(=O)O. The zero-order chi connectivity index (χ0) is 15.7. The number of ether oxygens (including phenoxy) is 1. The van der Waals surface area contributed by atoms with Crippen molar-refractivity contribution in [1.82, 2.24) is 5.32 Å². The van der Waals surface area contributed by atoms with E-state index in [1.165, 1.54) is 12.1 Å². The van der Waals surface area contributed by atoms with Crippen LogP contribution in [0.4, 0.5) is 4.39 Å². The second kappa shape index (κ2) is 8.94. The van der Waals surface area contributed by atoms with Crippen molar-refractivity contribution < 1.29 is 23.8 Å². The summed E-state index contributed by atoms with van der Waals surface area (Å²) < 4.78 is 18.5. The Morgan fingerprint density at radius 3 is 2.76 bits per heavy atom. The molecule has 21 heavy (non-hydrogen) atoms. The van der Waals surface area contributed by atoms with Crippen molar-refractivity contribution in [2.24, 2.45) is 5.92 Å². The summed E-state index contributed by atoms with van der Waals surface area (Å²) in [5.74, 6) is -1.40. The first-order valence-corrected chi connectivity index (χ1v) is 6.85. The van der Waals surface area contributed by atoms with Crippen molar-refractivity contribution in [3.63, 3.8) is 0 Å². The van der Waals surface area contributed by atoms with Gasteiger partial charge in [0.15, 0.2) is 11.6 Å². The number of nitrogens with one attached hydrogen (secondary N) is 1. The zero-order valence-electron chi connectivity index (χ0n) is 12.0. The van der Waals surface area contributed by atoms with E-state index in [1.807, 2.05) is 0 Å². The van der Waals surface area contributed by atoms with Crippen molar-refractivity contribution in [2.45, 2.75) is 26.2 Å². The lowest BCUT2D eigenvalue weighted by atomic mass is 10.1. The standard InChI is InChI=1S/C15H20FNO4/c1-11(9-15(19)20)10-17-14(18)7-4-8-21-13-6-3-2-5-12(13)16/h2-3,5-6,11H,4,7-10H2,1H3,(H,17,18)(H,19,20). The second-order valence-electron chi connectivity index (χ2n) is 4.89. The van der Waals surface area contributed by atoms with E-state index in [2.05, 4.69) is 5.32 Å². The maximum Gasteiger partial charge on any atom is 0.303 e. The van der Waals surface area contributed by atoms with Gasteiger partial charge in [0.2, 0.25) is 5.91 Å². The molecule has 1 atom stereocenters. The van der Waals surface area contributed by atoms with Gasteiger partial charge in [0, 0.05) is 19.4 Å². The largest absolute Gasteiger partial charge is 0.491 e. The number of hydrogen-bond donors (Lipinski definition) is 2. The summed E-state index contributed by atoms with van der Waals surface area (Å²) in [6.45, 7) is 2.34. The van der Waals surface area contributed by atoms with Crippen LogP contribution in [0.3, 0.4) is 0 Å². The number of benzene rings is 1. The molecule has 1 amide bonds. The third kappa shape index (κ3) is 7.29. The molecule has 0 aliphatic rings. The minimum Gasteiger partial charge on any atom is -0.491 e. The molecule has 0 aliphatic carbocycles. The molecule has 0 radical (unpaired) electrons. The average Bonchev–Trinajstić information content (AvgIpc) is 2.42. The van der Waals surface area contributed by atoms with Crippen molar-refractivity contribution in [1.29, 1.82) is 0 Å². The van der Waals surface area contributed by atoms with Gasteiger partial charge in [-0.15, -0.1) is 0 Å². The number of halogens is 1. The van der Waals surface area contributed by atoms with E-state index in [-0.39, 0.29) is 37.0 Å². The smallest absolute Gasteiger partial charge is 0.303 e. The highest BCUT2D eigenvalue weighted by molar-refractivity contribution is 5.75. The first-order chi connectivity index (χ1) is 9.99. The lowest BCUT2D eigenvalue weighted by Crippen LogP contribution is -2.29. The van der Waals surface area contributed by atoms with Gasteiger partial charge in [-0.25, -0.2) is 4.39 Å². The Balaban J connectivity index is 2.14. The first kappa shape index (κ1) is 16.9. The Morgan fingerprint density at radius 2 is 2.10 bits per heavy atom.